The fraction of sp³-hybridized carbons (Fsp3) is 0.750. The summed E-state index contributed by atoms with van der Waals surface area (Å²) >= 11 is 0. The maximum atomic E-state index is 12.8. The predicted octanol–water partition coefficient (Wildman–Crippen LogP) is 4.52. The SMILES string of the molecule is Cc1cc(C(=O)CN2CCC(C)CC2)c(C)n1C1CCCCC1. The summed E-state index contributed by atoms with van der Waals surface area (Å²) in [5, 5.41) is 0. The molecule has 128 valence electrons. The van der Waals surface area contributed by atoms with Gasteiger partial charge >= 0.3 is 0 Å². The zero-order chi connectivity index (χ0) is 16.4. The van der Waals surface area contributed by atoms with E-state index in [9.17, 15) is 4.79 Å². The van der Waals surface area contributed by atoms with Gasteiger partial charge in [0.2, 0.25) is 0 Å². The average molecular weight is 316 g/mol. The number of aromatic nitrogens is 1. The Kier molecular flexibility index (Phi) is 5.25. The van der Waals surface area contributed by atoms with Crippen molar-refractivity contribution in [1.29, 1.82) is 0 Å². The first-order valence-corrected chi connectivity index (χ1v) is 9.50. The fourth-order valence-electron chi connectivity index (χ4n) is 4.47. The van der Waals surface area contributed by atoms with E-state index in [1.165, 1.54) is 56.3 Å². The van der Waals surface area contributed by atoms with Crippen LogP contribution in [-0.4, -0.2) is 34.9 Å². The zero-order valence-electron chi connectivity index (χ0n) is 15.1. The molecule has 0 atom stereocenters. The molecule has 0 radical (unpaired) electrons. The Morgan fingerprint density at radius 1 is 1.09 bits per heavy atom. The smallest absolute Gasteiger partial charge is 0.178 e. The van der Waals surface area contributed by atoms with E-state index < -0.39 is 0 Å². The highest BCUT2D eigenvalue weighted by Crippen LogP contribution is 2.32. The Morgan fingerprint density at radius 2 is 1.74 bits per heavy atom. The number of rotatable bonds is 4. The van der Waals surface area contributed by atoms with E-state index in [1.807, 2.05) is 0 Å². The molecule has 2 aliphatic rings. The van der Waals surface area contributed by atoms with Crippen LogP contribution >= 0.6 is 0 Å². The summed E-state index contributed by atoms with van der Waals surface area (Å²) in [4.78, 5) is 15.2. The number of aryl methyl sites for hydroxylation is 1. The number of piperidine rings is 1. The van der Waals surface area contributed by atoms with E-state index >= 15 is 0 Å². The van der Waals surface area contributed by atoms with Gasteiger partial charge in [0.25, 0.3) is 0 Å². The molecule has 1 aliphatic carbocycles. The lowest BCUT2D eigenvalue weighted by Crippen LogP contribution is -2.36. The van der Waals surface area contributed by atoms with Gasteiger partial charge in [0.05, 0.1) is 6.54 Å². The first-order chi connectivity index (χ1) is 11.1. The van der Waals surface area contributed by atoms with E-state index in [1.54, 1.807) is 0 Å². The average Bonchev–Trinajstić information content (AvgIpc) is 2.85. The fourth-order valence-corrected chi connectivity index (χ4v) is 4.47. The zero-order valence-corrected chi connectivity index (χ0v) is 15.1. The topological polar surface area (TPSA) is 25.2 Å². The molecule has 23 heavy (non-hydrogen) atoms. The van der Waals surface area contributed by atoms with E-state index in [2.05, 4.69) is 36.3 Å². The maximum absolute atomic E-state index is 12.8. The second-order valence-electron chi connectivity index (χ2n) is 7.83. The molecule has 3 nitrogen and oxygen atoms in total. The third-order valence-electron chi connectivity index (χ3n) is 5.97. The van der Waals surface area contributed by atoms with Crippen LogP contribution in [0.1, 0.15) is 79.7 Å². The number of hydrogen-bond donors (Lipinski definition) is 0. The lowest BCUT2D eigenvalue weighted by molar-refractivity contribution is 0.0899. The standard InChI is InChI=1S/C20H32N2O/c1-15-9-11-21(12-10-15)14-20(23)19-13-16(2)22(17(19)3)18-7-5-4-6-8-18/h13,15,18H,4-12,14H2,1-3H3. The molecule has 3 rings (SSSR count). The van der Waals surface area contributed by atoms with Crippen molar-refractivity contribution in [2.75, 3.05) is 19.6 Å². The van der Waals surface area contributed by atoms with Crippen molar-refractivity contribution in [2.45, 2.75) is 71.8 Å². The van der Waals surface area contributed by atoms with Crippen molar-refractivity contribution in [2.24, 2.45) is 5.92 Å². The third kappa shape index (κ3) is 3.71. The second-order valence-corrected chi connectivity index (χ2v) is 7.83. The highest BCUT2D eigenvalue weighted by Gasteiger charge is 2.24. The highest BCUT2D eigenvalue weighted by atomic mass is 16.1. The molecule has 1 saturated heterocycles. The normalized spacial score (nSPS) is 21.7. The Bertz CT molecular complexity index is 546. The summed E-state index contributed by atoms with van der Waals surface area (Å²) < 4.78 is 2.45. The van der Waals surface area contributed by atoms with Gasteiger partial charge in [-0.05, 0) is 64.6 Å². The van der Waals surface area contributed by atoms with Gasteiger partial charge in [-0.2, -0.15) is 0 Å². The van der Waals surface area contributed by atoms with Crippen LogP contribution in [0.15, 0.2) is 6.07 Å². The van der Waals surface area contributed by atoms with Crippen LogP contribution < -0.4 is 0 Å². The molecular weight excluding hydrogens is 284 g/mol. The van der Waals surface area contributed by atoms with Crippen LogP contribution in [-0.2, 0) is 0 Å². The van der Waals surface area contributed by atoms with Crippen LogP contribution in [0.3, 0.4) is 0 Å². The van der Waals surface area contributed by atoms with Gasteiger partial charge in [-0.15, -0.1) is 0 Å². The van der Waals surface area contributed by atoms with Crippen molar-refractivity contribution >= 4 is 5.78 Å². The van der Waals surface area contributed by atoms with E-state index in [0.29, 0.717) is 18.4 Å². The molecule has 1 aliphatic heterocycles. The summed E-state index contributed by atoms with van der Waals surface area (Å²) in [6.45, 7) is 9.38. The van der Waals surface area contributed by atoms with Crippen molar-refractivity contribution in [3.63, 3.8) is 0 Å². The Labute approximate surface area is 141 Å². The monoisotopic (exact) mass is 316 g/mol. The molecule has 2 heterocycles. The Balaban J connectivity index is 1.71. The molecule has 1 aromatic heterocycles. The van der Waals surface area contributed by atoms with E-state index in [0.717, 1.165) is 24.6 Å². The third-order valence-corrected chi connectivity index (χ3v) is 5.97. The number of nitrogens with zero attached hydrogens (tertiary/aromatic N) is 2. The van der Waals surface area contributed by atoms with Crippen LogP contribution in [0.2, 0.25) is 0 Å². The minimum atomic E-state index is 0.315. The lowest BCUT2D eigenvalue weighted by Gasteiger charge is -2.29. The predicted molar refractivity (Wildman–Crippen MR) is 95.2 cm³/mol. The molecule has 1 aromatic rings. The first-order valence-electron chi connectivity index (χ1n) is 9.50. The van der Waals surface area contributed by atoms with E-state index in [-0.39, 0.29) is 0 Å². The maximum Gasteiger partial charge on any atom is 0.178 e. The van der Waals surface area contributed by atoms with Gasteiger partial charge in [-0.3, -0.25) is 9.69 Å². The second kappa shape index (κ2) is 7.21. The Morgan fingerprint density at radius 3 is 2.39 bits per heavy atom. The molecule has 0 unspecified atom stereocenters. The van der Waals surface area contributed by atoms with Crippen molar-refractivity contribution in [1.82, 2.24) is 9.47 Å². The van der Waals surface area contributed by atoms with Gasteiger partial charge in [0.15, 0.2) is 5.78 Å². The molecule has 0 spiro atoms. The summed E-state index contributed by atoms with van der Waals surface area (Å²) in [6, 6.07) is 2.75. The van der Waals surface area contributed by atoms with Gasteiger partial charge < -0.3 is 4.57 Å². The van der Waals surface area contributed by atoms with Crippen LogP contribution in [0.4, 0.5) is 0 Å². The number of ketones is 1. The van der Waals surface area contributed by atoms with Gasteiger partial charge in [-0.25, -0.2) is 0 Å². The molecular formula is C20H32N2O. The van der Waals surface area contributed by atoms with Crippen LogP contribution in [0.5, 0.6) is 0 Å². The number of Topliss-reactive ketones (excluding diaryl/α,β-unsaturated/α-hetero) is 1. The summed E-state index contributed by atoms with van der Waals surface area (Å²) in [7, 11) is 0. The largest absolute Gasteiger partial charge is 0.345 e. The van der Waals surface area contributed by atoms with Crippen molar-refractivity contribution in [3.8, 4) is 0 Å². The van der Waals surface area contributed by atoms with Gasteiger partial charge in [0.1, 0.15) is 0 Å². The van der Waals surface area contributed by atoms with Gasteiger partial charge in [0, 0.05) is 23.0 Å². The highest BCUT2D eigenvalue weighted by molar-refractivity contribution is 5.99. The van der Waals surface area contributed by atoms with Crippen LogP contribution in [0, 0.1) is 19.8 Å². The molecule has 0 bridgehead atoms. The number of likely N-dealkylation sites (tertiary alicyclic amines) is 1. The number of carbonyl (C=O) groups is 1. The first kappa shape index (κ1) is 16.8. The summed E-state index contributed by atoms with van der Waals surface area (Å²) in [5.74, 6) is 1.13. The Hall–Kier alpha value is -1.09. The quantitative estimate of drug-likeness (QED) is 0.763. The minimum Gasteiger partial charge on any atom is -0.345 e. The van der Waals surface area contributed by atoms with E-state index in [4.69, 9.17) is 0 Å². The lowest BCUT2D eigenvalue weighted by atomic mass is 9.95. The number of carbonyl (C=O) groups excluding carboxylic acids is 1. The minimum absolute atomic E-state index is 0.315. The van der Waals surface area contributed by atoms with Gasteiger partial charge in [-0.1, -0.05) is 26.2 Å². The summed E-state index contributed by atoms with van der Waals surface area (Å²) in [6.07, 6.45) is 9.04. The molecule has 0 aromatic carbocycles. The molecule has 0 N–H and O–H groups in total. The van der Waals surface area contributed by atoms with Crippen LogP contribution in [0.25, 0.3) is 0 Å². The molecule has 0 amide bonds. The summed E-state index contributed by atoms with van der Waals surface area (Å²) in [5.41, 5.74) is 3.43. The van der Waals surface area contributed by atoms with Crippen molar-refractivity contribution < 1.29 is 4.79 Å². The molecule has 3 heteroatoms. The van der Waals surface area contributed by atoms with Crippen molar-refractivity contribution in [3.05, 3.63) is 23.0 Å². The molecule has 1 saturated carbocycles. The number of hydrogen-bond acceptors (Lipinski definition) is 2. The molecule has 2 fully saturated rings.